The largest absolute Gasteiger partial charge is 0.487 e. The number of benzene rings is 1. The third kappa shape index (κ3) is 6.45. The van der Waals surface area contributed by atoms with Crippen molar-refractivity contribution in [3.8, 4) is 5.75 Å². The lowest BCUT2D eigenvalue weighted by molar-refractivity contribution is -0.143. The molecule has 0 spiro atoms. The summed E-state index contributed by atoms with van der Waals surface area (Å²) in [5, 5.41) is 2.05. The summed E-state index contributed by atoms with van der Waals surface area (Å²) in [6.45, 7) is -0.233. The van der Waals surface area contributed by atoms with Crippen LogP contribution in [-0.2, 0) is 20.9 Å². The van der Waals surface area contributed by atoms with Crippen molar-refractivity contribution in [1.82, 2.24) is 10.3 Å². The van der Waals surface area contributed by atoms with Gasteiger partial charge in [0.05, 0.1) is 12.0 Å². The molecule has 0 aliphatic heterocycles. The molecule has 152 valence electrons. The minimum Gasteiger partial charge on any atom is -0.487 e. The summed E-state index contributed by atoms with van der Waals surface area (Å²) in [6, 6.07) is 15.6. The van der Waals surface area contributed by atoms with Crippen LogP contribution in [0.5, 0.6) is 5.75 Å². The summed E-state index contributed by atoms with van der Waals surface area (Å²) < 4.78 is 15.3. The Morgan fingerprint density at radius 3 is 2.57 bits per heavy atom. The predicted molar refractivity (Wildman–Crippen MR) is 106 cm³/mol. The van der Waals surface area contributed by atoms with E-state index in [1.807, 2.05) is 18.2 Å². The quantitative estimate of drug-likeness (QED) is 0.453. The average Bonchev–Trinajstić information content (AvgIpc) is 3.31. The highest BCUT2D eigenvalue weighted by Crippen LogP contribution is 2.14. The van der Waals surface area contributed by atoms with Gasteiger partial charge in [-0.25, -0.2) is 4.79 Å². The average molecular weight is 406 g/mol. The fourth-order valence-corrected chi connectivity index (χ4v) is 2.30. The summed E-state index contributed by atoms with van der Waals surface area (Å²) >= 11 is 0. The lowest BCUT2D eigenvalue weighted by atomic mass is 10.2. The van der Waals surface area contributed by atoms with Crippen LogP contribution in [0.4, 0.5) is 0 Å². The highest BCUT2D eigenvalue weighted by atomic mass is 16.5. The Balaban J connectivity index is 1.40. The number of pyridine rings is 1. The van der Waals surface area contributed by atoms with E-state index in [0.717, 1.165) is 11.3 Å². The van der Waals surface area contributed by atoms with Gasteiger partial charge in [-0.1, -0.05) is 18.2 Å². The van der Waals surface area contributed by atoms with Crippen LogP contribution in [-0.4, -0.2) is 29.4 Å². The molecule has 0 saturated heterocycles. The molecule has 3 aromatic rings. The molecule has 0 unspecified atom stereocenters. The Bertz CT molecular complexity index is 1010. The number of esters is 1. The molecule has 1 N–H and O–H groups in total. The molecule has 0 fully saturated rings. The number of amides is 2. The van der Waals surface area contributed by atoms with Crippen LogP contribution < -0.4 is 10.1 Å². The van der Waals surface area contributed by atoms with E-state index in [4.69, 9.17) is 13.9 Å². The first-order valence-electron chi connectivity index (χ1n) is 8.95. The summed E-state index contributed by atoms with van der Waals surface area (Å²) in [7, 11) is 0. The fraction of sp³-hybridized carbons (Fsp3) is 0.0909. The van der Waals surface area contributed by atoms with E-state index in [2.05, 4.69) is 10.3 Å². The Morgan fingerprint density at radius 2 is 1.87 bits per heavy atom. The molecule has 0 atom stereocenters. The number of hydrogen-bond acceptors (Lipinski definition) is 7. The normalized spacial score (nSPS) is 10.5. The highest BCUT2D eigenvalue weighted by molar-refractivity contribution is 6.03. The minimum atomic E-state index is -0.757. The van der Waals surface area contributed by atoms with Gasteiger partial charge >= 0.3 is 5.97 Å². The number of nitrogens with zero attached hydrogens (tertiary/aromatic N) is 1. The standard InChI is InChI=1S/C22H18N2O6/c25-20(24-22(27)19-5-3-13-28-19)15-30-21(26)11-8-16-6-9-18(10-7-16)29-14-17-4-1-2-12-23-17/h1-13H,14-15H2,(H,24,25,27)/b11-8+. The van der Waals surface area contributed by atoms with Crippen molar-refractivity contribution in [2.75, 3.05) is 6.61 Å². The number of carbonyl (C=O) groups excluding carboxylic acids is 3. The number of imide groups is 1. The Labute approximate surface area is 172 Å². The number of aromatic nitrogens is 1. The first-order chi connectivity index (χ1) is 14.6. The van der Waals surface area contributed by atoms with Crippen molar-refractivity contribution in [2.45, 2.75) is 6.61 Å². The molecule has 30 heavy (non-hydrogen) atoms. The molecular formula is C22H18N2O6. The van der Waals surface area contributed by atoms with Crippen LogP contribution in [0, 0.1) is 0 Å². The van der Waals surface area contributed by atoms with E-state index in [1.54, 1.807) is 30.5 Å². The summed E-state index contributed by atoms with van der Waals surface area (Å²) in [6.07, 6.45) is 5.73. The molecule has 2 amide bonds. The summed E-state index contributed by atoms with van der Waals surface area (Å²) in [5.41, 5.74) is 1.56. The molecule has 3 rings (SSSR count). The molecule has 2 heterocycles. The Kier molecular flexibility index (Phi) is 7.10. The Morgan fingerprint density at radius 1 is 1.03 bits per heavy atom. The summed E-state index contributed by atoms with van der Waals surface area (Å²) in [4.78, 5) is 39.2. The van der Waals surface area contributed by atoms with Crippen LogP contribution >= 0.6 is 0 Å². The molecule has 0 radical (unpaired) electrons. The van der Waals surface area contributed by atoms with Crippen molar-refractivity contribution in [2.24, 2.45) is 0 Å². The van der Waals surface area contributed by atoms with Gasteiger partial charge in [-0.2, -0.15) is 0 Å². The zero-order chi connectivity index (χ0) is 21.2. The van der Waals surface area contributed by atoms with Crippen molar-refractivity contribution < 1.29 is 28.3 Å². The summed E-state index contributed by atoms with van der Waals surface area (Å²) in [5.74, 6) is -1.53. The third-order valence-corrected chi connectivity index (χ3v) is 3.75. The smallest absolute Gasteiger partial charge is 0.331 e. The van der Waals surface area contributed by atoms with E-state index in [1.165, 1.54) is 30.5 Å². The topological polar surface area (TPSA) is 108 Å². The van der Waals surface area contributed by atoms with Crippen LogP contribution in [0.1, 0.15) is 21.8 Å². The third-order valence-electron chi connectivity index (χ3n) is 3.75. The molecule has 0 aliphatic carbocycles. The monoisotopic (exact) mass is 406 g/mol. The van der Waals surface area contributed by atoms with Gasteiger partial charge in [0, 0.05) is 12.3 Å². The van der Waals surface area contributed by atoms with Gasteiger partial charge in [0.15, 0.2) is 12.4 Å². The van der Waals surface area contributed by atoms with Crippen LogP contribution in [0.15, 0.2) is 77.6 Å². The maximum Gasteiger partial charge on any atom is 0.331 e. The van der Waals surface area contributed by atoms with E-state index in [-0.39, 0.29) is 5.76 Å². The van der Waals surface area contributed by atoms with E-state index in [9.17, 15) is 14.4 Å². The number of nitrogens with one attached hydrogen (secondary N) is 1. The van der Waals surface area contributed by atoms with Crippen LogP contribution in [0.2, 0.25) is 0 Å². The van der Waals surface area contributed by atoms with Gasteiger partial charge in [-0.05, 0) is 48.0 Å². The van der Waals surface area contributed by atoms with Gasteiger partial charge in [0.2, 0.25) is 0 Å². The Hall–Kier alpha value is -4.20. The number of furan rings is 1. The molecule has 8 heteroatoms. The van der Waals surface area contributed by atoms with Crippen LogP contribution in [0.25, 0.3) is 6.08 Å². The molecular weight excluding hydrogens is 388 g/mol. The highest BCUT2D eigenvalue weighted by Gasteiger charge is 2.13. The predicted octanol–water partition coefficient (Wildman–Crippen LogP) is 2.77. The van der Waals surface area contributed by atoms with E-state index in [0.29, 0.717) is 12.4 Å². The number of rotatable bonds is 8. The number of hydrogen-bond donors (Lipinski definition) is 1. The van der Waals surface area contributed by atoms with Crippen molar-refractivity contribution in [3.63, 3.8) is 0 Å². The lowest BCUT2D eigenvalue weighted by Crippen LogP contribution is -2.33. The second-order valence-electron chi connectivity index (χ2n) is 5.97. The van der Waals surface area contributed by atoms with Gasteiger partial charge in [0.25, 0.3) is 11.8 Å². The van der Waals surface area contributed by atoms with Crippen molar-refractivity contribution >= 4 is 23.9 Å². The van der Waals surface area contributed by atoms with E-state index >= 15 is 0 Å². The number of ether oxygens (including phenoxy) is 2. The SMILES string of the molecule is O=C(COC(=O)/C=C/c1ccc(OCc2ccccn2)cc1)NC(=O)c1ccco1. The molecule has 8 nitrogen and oxygen atoms in total. The second kappa shape index (κ2) is 10.4. The maximum absolute atomic E-state index is 11.7. The lowest BCUT2D eigenvalue weighted by Gasteiger charge is -2.05. The molecule has 1 aromatic carbocycles. The van der Waals surface area contributed by atoms with Crippen molar-refractivity contribution in [3.05, 3.63) is 90.2 Å². The first kappa shape index (κ1) is 20.5. The van der Waals surface area contributed by atoms with Gasteiger partial charge in [-0.3, -0.25) is 19.9 Å². The molecule has 0 aliphatic rings. The zero-order valence-corrected chi connectivity index (χ0v) is 15.8. The van der Waals surface area contributed by atoms with Crippen LogP contribution in [0.3, 0.4) is 0 Å². The fourth-order valence-electron chi connectivity index (χ4n) is 2.30. The molecule has 0 saturated carbocycles. The first-order valence-corrected chi connectivity index (χ1v) is 8.95. The molecule has 2 aromatic heterocycles. The number of carbonyl (C=O) groups is 3. The maximum atomic E-state index is 11.7. The van der Waals surface area contributed by atoms with Gasteiger partial charge in [-0.15, -0.1) is 0 Å². The van der Waals surface area contributed by atoms with Gasteiger partial charge in [0.1, 0.15) is 12.4 Å². The van der Waals surface area contributed by atoms with Crippen molar-refractivity contribution in [1.29, 1.82) is 0 Å². The van der Waals surface area contributed by atoms with E-state index < -0.39 is 24.4 Å². The van der Waals surface area contributed by atoms with Gasteiger partial charge < -0.3 is 13.9 Å². The minimum absolute atomic E-state index is 0.0120. The zero-order valence-electron chi connectivity index (χ0n) is 15.8. The molecule has 0 bridgehead atoms. The second-order valence-corrected chi connectivity index (χ2v) is 5.97.